The van der Waals surface area contributed by atoms with E-state index in [9.17, 15) is 0 Å². The summed E-state index contributed by atoms with van der Waals surface area (Å²) in [5.41, 5.74) is 3.38. The molecule has 0 aromatic heterocycles. The smallest absolute Gasteiger partial charge is 0.123 e. The Kier molecular flexibility index (Phi) is 3.77. The van der Waals surface area contributed by atoms with Crippen molar-refractivity contribution in [2.45, 2.75) is 26.0 Å². The molecule has 1 N–H and O–H groups in total. The standard InChI is InChI=1S/C16H15Cl2NO/c1-10-6-12-7-11(2-5-16(12)20-10)9-19-15-4-3-13(17)8-14(15)18/h2-5,7-8,10,19H,6,9H2,1H3/t10-/m0/s1. The summed E-state index contributed by atoms with van der Waals surface area (Å²) in [6, 6.07) is 11.8. The summed E-state index contributed by atoms with van der Waals surface area (Å²) in [6.45, 7) is 2.81. The Morgan fingerprint density at radius 3 is 2.85 bits per heavy atom. The SMILES string of the molecule is C[C@H]1Cc2cc(CNc3ccc(Cl)cc3Cl)ccc2O1. The highest BCUT2D eigenvalue weighted by Gasteiger charge is 2.18. The van der Waals surface area contributed by atoms with E-state index in [1.807, 2.05) is 18.2 Å². The Hall–Kier alpha value is -1.38. The fraction of sp³-hybridized carbons (Fsp3) is 0.250. The maximum Gasteiger partial charge on any atom is 0.123 e. The van der Waals surface area contributed by atoms with Crippen LogP contribution < -0.4 is 10.1 Å². The lowest BCUT2D eigenvalue weighted by atomic mass is 10.1. The van der Waals surface area contributed by atoms with Gasteiger partial charge in [-0.3, -0.25) is 0 Å². The van der Waals surface area contributed by atoms with E-state index >= 15 is 0 Å². The van der Waals surface area contributed by atoms with Crippen molar-refractivity contribution < 1.29 is 4.74 Å². The molecule has 20 heavy (non-hydrogen) atoms. The molecule has 0 fully saturated rings. The first-order chi connectivity index (χ1) is 9.61. The molecule has 2 aromatic carbocycles. The lowest BCUT2D eigenvalue weighted by Gasteiger charge is -2.09. The molecule has 1 heterocycles. The summed E-state index contributed by atoms with van der Waals surface area (Å²) < 4.78 is 5.70. The molecule has 4 heteroatoms. The molecule has 104 valence electrons. The van der Waals surface area contributed by atoms with Crippen LogP contribution in [0.3, 0.4) is 0 Å². The highest BCUT2D eigenvalue weighted by atomic mass is 35.5. The van der Waals surface area contributed by atoms with Gasteiger partial charge in [-0.05, 0) is 42.3 Å². The van der Waals surface area contributed by atoms with Crippen LogP contribution in [0.4, 0.5) is 5.69 Å². The van der Waals surface area contributed by atoms with E-state index in [-0.39, 0.29) is 6.10 Å². The molecule has 1 atom stereocenters. The first-order valence-electron chi connectivity index (χ1n) is 6.59. The minimum Gasteiger partial charge on any atom is -0.490 e. The lowest BCUT2D eigenvalue weighted by Crippen LogP contribution is -2.05. The zero-order valence-electron chi connectivity index (χ0n) is 11.1. The molecule has 3 rings (SSSR count). The molecule has 0 bridgehead atoms. The average molecular weight is 308 g/mol. The van der Waals surface area contributed by atoms with Gasteiger partial charge in [0.15, 0.2) is 0 Å². The Bertz CT molecular complexity index is 642. The van der Waals surface area contributed by atoms with E-state index in [4.69, 9.17) is 27.9 Å². The molecule has 0 radical (unpaired) electrons. The van der Waals surface area contributed by atoms with Crippen LogP contribution in [0, 0.1) is 0 Å². The second-order valence-electron chi connectivity index (χ2n) is 5.05. The second kappa shape index (κ2) is 5.55. The quantitative estimate of drug-likeness (QED) is 0.868. The second-order valence-corrected chi connectivity index (χ2v) is 5.90. The van der Waals surface area contributed by atoms with E-state index in [1.165, 1.54) is 11.1 Å². The minimum atomic E-state index is 0.277. The largest absolute Gasteiger partial charge is 0.490 e. The number of anilines is 1. The minimum absolute atomic E-state index is 0.277. The molecule has 1 aliphatic heterocycles. The highest BCUT2D eigenvalue weighted by Crippen LogP contribution is 2.30. The maximum absolute atomic E-state index is 6.14. The van der Waals surface area contributed by atoms with Crippen molar-refractivity contribution in [1.82, 2.24) is 0 Å². The number of nitrogens with one attached hydrogen (secondary N) is 1. The summed E-state index contributed by atoms with van der Waals surface area (Å²) in [5, 5.41) is 4.61. The first-order valence-corrected chi connectivity index (χ1v) is 7.35. The Morgan fingerprint density at radius 2 is 2.05 bits per heavy atom. The van der Waals surface area contributed by atoms with Crippen molar-refractivity contribution in [3.8, 4) is 5.75 Å². The number of rotatable bonds is 3. The van der Waals surface area contributed by atoms with Gasteiger partial charge in [0.25, 0.3) is 0 Å². The summed E-state index contributed by atoms with van der Waals surface area (Å²) in [5.74, 6) is 1.01. The number of benzene rings is 2. The molecule has 0 amide bonds. The Labute approximate surface area is 128 Å². The van der Waals surface area contributed by atoms with Gasteiger partial charge in [-0.1, -0.05) is 35.3 Å². The van der Waals surface area contributed by atoms with E-state index < -0.39 is 0 Å². The summed E-state index contributed by atoms with van der Waals surface area (Å²) in [6.07, 6.45) is 1.25. The third-order valence-electron chi connectivity index (χ3n) is 3.37. The van der Waals surface area contributed by atoms with Gasteiger partial charge in [0.2, 0.25) is 0 Å². The zero-order chi connectivity index (χ0) is 14.1. The number of hydrogen-bond acceptors (Lipinski definition) is 2. The average Bonchev–Trinajstić information content (AvgIpc) is 2.77. The number of fused-ring (bicyclic) bond motifs is 1. The van der Waals surface area contributed by atoms with Crippen LogP contribution in [-0.4, -0.2) is 6.10 Å². The summed E-state index contributed by atoms with van der Waals surface area (Å²) in [4.78, 5) is 0. The van der Waals surface area contributed by atoms with Crippen LogP contribution in [0.1, 0.15) is 18.1 Å². The lowest BCUT2D eigenvalue weighted by molar-refractivity contribution is 0.254. The van der Waals surface area contributed by atoms with E-state index in [0.717, 1.165) is 24.4 Å². The topological polar surface area (TPSA) is 21.3 Å². The van der Waals surface area contributed by atoms with Crippen molar-refractivity contribution in [2.75, 3.05) is 5.32 Å². The van der Waals surface area contributed by atoms with Crippen molar-refractivity contribution in [2.24, 2.45) is 0 Å². The molecule has 0 saturated heterocycles. The molecule has 2 aromatic rings. The Balaban J connectivity index is 1.71. The van der Waals surface area contributed by atoms with Gasteiger partial charge in [0.05, 0.1) is 10.7 Å². The molecule has 0 unspecified atom stereocenters. The third-order valence-corrected chi connectivity index (χ3v) is 3.92. The van der Waals surface area contributed by atoms with Gasteiger partial charge in [0.1, 0.15) is 11.9 Å². The van der Waals surface area contributed by atoms with Gasteiger partial charge in [-0.2, -0.15) is 0 Å². The predicted molar refractivity (Wildman–Crippen MR) is 84.0 cm³/mol. The highest BCUT2D eigenvalue weighted by molar-refractivity contribution is 6.36. The van der Waals surface area contributed by atoms with Crippen molar-refractivity contribution in [1.29, 1.82) is 0 Å². The normalized spacial score (nSPS) is 16.6. The molecular weight excluding hydrogens is 293 g/mol. The van der Waals surface area contributed by atoms with Crippen LogP contribution in [0.5, 0.6) is 5.75 Å². The van der Waals surface area contributed by atoms with Gasteiger partial charge in [0, 0.05) is 18.0 Å². The van der Waals surface area contributed by atoms with Crippen molar-refractivity contribution in [3.05, 3.63) is 57.6 Å². The van der Waals surface area contributed by atoms with Gasteiger partial charge < -0.3 is 10.1 Å². The molecule has 0 saturated carbocycles. The third kappa shape index (κ3) is 2.87. The van der Waals surface area contributed by atoms with E-state index in [1.54, 1.807) is 6.07 Å². The van der Waals surface area contributed by atoms with Gasteiger partial charge >= 0.3 is 0 Å². The number of ether oxygens (including phenoxy) is 1. The first kappa shape index (κ1) is 13.6. The van der Waals surface area contributed by atoms with Crippen LogP contribution in [0.15, 0.2) is 36.4 Å². The molecule has 0 aliphatic carbocycles. The summed E-state index contributed by atoms with van der Waals surface area (Å²) in [7, 11) is 0. The van der Waals surface area contributed by atoms with E-state index in [2.05, 4.69) is 24.4 Å². The molecular formula is C16H15Cl2NO. The molecule has 0 spiro atoms. The monoisotopic (exact) mass is 307 g/mol. The van der Waals surface area contributed by atoms with Crippen LogP contribution in [0.2, 0.25) is 10.0 Å². The zero-order valence-corrected chi connectivity index (χ0v) is 12.6. The van der Waals surface area contributed by atoms with Crippen LogP contribution in [-0.2, 0) is 13.0 Å². The molecule has 1 aliphatic rings. The number of hydrogen-bond donors (Lipinski definition) is 1. The van der Waals surface area contributed by atoms with Crippen molar-refractivity contribution >= 4 is 28.9 Å². The van der Waals surface area contributed by atoms with Crippen LogP contribution in [0.25, 0.3) is 0 Å². The fourth-order valence-corrected chi connectivity index (χ4v) is 2.89. The Morgan fingerprint density at radius 1 is 1.20 bits per heavy atom. The summed E-state index contributed by atoms with van der Waals surface area (Å²) >= 11 is 12.0. The van der Waals surface area contributed by atoms with Gasteiger partial charge in [-0.15, -0.1) is 0 Å². The van der Waals surface area contributed by atoms with Crippen LogP contribution >= 0.6 is 23.2 Å². The number of halogens is 2. The van der Waals surface area contributed by atoms with Crippen molar-refractivity contribution in [3.63, 3.8) is 0 Å². The maximum atomic E-state index is 6.14. The van der Waals surface area contributed by atoms with Gasteiger partial charge in [-0.25, -0.2) is 0 Å². The fourth-order valence-electron chi connectivity index (χ4n) is 2.42. The van der Waals surface area contributed by atoms with E-state index in [0.29, 0.717) is 10.0 Å². The molecule has 2 nitrogen and oxygen atoms in total. The predicted octanol–water partition coefficient (Wildman–Crippen LogP) is 4.93.